The second-order valence-electron chi connectivity index (χ2n) is 5.80. The predicted molar refractivity (Wildman–Crippen MR) is 83.7 cm³/mol. The highest BCUT2D eigenvalue weighted by atomic mass is 35.5. The molecule has 7 heteroatoms. The van der Waals surface area contributed by atoms with Gasteiger partial charge in [0.25, 0.3) is 0 Å². The highest BCUT2D eigenvalue weighted by Gasteiger charge is 2.20. The molecule has 0 aromatic carbocycles. The molecule has 0 bridgehead atoms. The van der Waals surface area contributed by atoms with E-state index < -0.39 is 6.04 Å². The first kappa shape index (κ1) is 17.7. The minimum atomic E-state index is -0.430. The molecule has 1 atom stereocenters. The molecule has 1 aromatic heterocycles. The number of amides is 1. The molecule has 1 unspecified atom stereocenters. The van der Waals surface area contributed by atoms with Gasteiger partial charge in [-0.15, -0.1) is 0 Å². The molecule has 1 rings (SSSR count). The lowest BCUT2D eigenvalue weighted by Gasteiger charge is -2.19. The molecule has 0 radical (unpaired) electrons. The molecule has 1 heterocycles. The van der Waals surface area contributed by atoms with E-state index in [1.807, 2.05) is 20.8 Å². The summed E-state index contributed by atoms with van der Waals surface area (Å²) in [6.07, 6.45) is 0. The van der Waals surface area contributed by atoms with Crippen molar-refractivity contribution in [2.75, 3.05) is 25.6 Å². The minimum Gasteiger partial charge on any atom is -0.383 e. The van der Waals surface area contributed by atoms with Crippen molar-refractivity contribution < 1.29 is 9.53 Å². The highest BCUT2D eigenvalue weighted by molar-refractivity contribution is 6.29. The second kappa shape index (κ2) is 7.56. The van der Waals surface area contributed by atoms with Crippen molar-refractivity contribution in [2.45, 2.75) is 39.2 Å². The number of methoxy groups -OCH3 is 1. The summed E-state index contributed by atoms with van der Waals surface area (Å²) in [5.41, 5.74) is -0.217. The van der Waals surface area contributed by atoms with Gasteiger partial charge in [-0.2, -0.15) is 0 Å². The molecule has 2 N–H and O–H groups in total. The SMILES string of the molecule is COCCNC(=O)C(C)Nc1cc(Cl)nc(C(C)(C)C)n1. The number of ether oxygens (including phenoxy) is 1. The van der Waals surface area contributed by atoms with Crippen LogP contribution in [0.4, 0.5) is 5.82 Å². The summed E-state index contributed by atoms with van der Waals surface area (Å²) >= 11 is 6.01. The van der Waals surface area contributed by atoms with Gasteiger partial charge in [0, 0.05) is 25.1 Å². The van der Waals surface area contributed by atoms with Crippen LogP contribution in [0.5, 0.6) is 0 Å². The molecule has 1 amide bonds. The monoisotopic (exact) mass is 314 g/mol. The van der Waals surface area contributed by atoms with Crippen molar-refractivity contribution in [1.82, 2.24) is 15.3 Å². The summed E-state index contributed by atoms with van der Waals surface area (Å²) in [6.45, 7) is 8.72. The van der Waals surface area contributed by atoms with E-state index in [4.69, 9.17) is 16.3 Å². The summed E-state index contributed by atoms with van der Waals surface area (Å²) in [7, 11) is 1.59. The quantitative estimate of drug-likeness (QED) is 0.620. The summed E-state index contributed by atoms with van der Waals surface area (Å²) in [5, 5.41) is 6.15. The zero-order chi connectivity index (χ0) is 16.0. The van der Waals surface area contributed by atoms with E-state index >= 15 is 0 Å². The van der Waals surface area contributed by atoms with E-state index in [9.17, 15) is 4.79 Å². The Kier molecular flexibility index (Phi) is 6.36. The lowest BCUT2D eigenvalue weighted by Crippen LogP contribution is -2.39. The van der Waals surface area contributed by atoms with Gasteiger partial charge < -0.3 is 15.4 Å². The lowest BCUT2D eigenvalue weighted by molar-refractivity contribution is -0.121. The van der Waals surface area contributed by atoms with Gasteiger partial charge in [-0.05, 0) is 6.92 Å². The molecule has 0 aliphatic rings. The number of carbonyl (C=O) groups excluding carboxylic acids is 1. The van der Waals surface area contributed by atoms with Crippen LogP contribution >= 0.6 is 11.6 Å². The van der Waals surface area contributed by atoms with Crippen LogP contribution in [-0.2, 0) is 14.9 Å². The predicted octanol–water partition coefficient (Wildman–Crippen LogP) is 1.99. The van der Waals surface area contributed by atoms with E-state index in [0.29, 0.717) is 29.9 Å². The zero-order valence-corrected chi connectivity index (χ0v) is 13.9. The Hall–Kier alpha value is -1.40. The topological polar surface area (TPSA) is 76.1 Å². The van der Waals surface area contributed by atoms with Gasteiger partial charge in [-0.25, -0.2) is 9.97 Å². The van der Waals surface area contributed by atoms with Crippen molar-refractivity contribution in [3.05, 3.63) is 17.0 Å². The van der Waals surface area contributed by atoms with Gasteiger partial charge in [0.05, 0.1) is 6.61 Å². The first-order valence-electron chi connectivity index (χ1n) is 6.82. The fourth-order valence-corrected chi connectivity index (χ4v) is 1.73. The van der Waals surface area contributed by atoms with Crippen molar-refractivity contribution in [1.29, 1.82) is 0 Å². The second-order valence-corrected chi connectivity index (χ2v) is 6.19. The molecule has 1 aromatic rings. The molecule has 0 fully saturated rings. The number of halogens is 1. The van der Waals surface area contributed by atoms with Crippen molar-refractivity contribution in [3.8, 4) is 0 Å². The van der Waals surface area contributed by atoms with E-state index in [0.717, 1.165) is 0 Å². The maximum absolute atomic E-state index is 11.9. The fraction of sp³-hybridized carbons (Fsp3) is 0.643. The number of carbonyl (C=O) groups is 1. The maximum Gasteiger partial charge on any atom is 0.242 e. The van der Waals surface area contributed by atoms with Gasteiger partial charge in [-0.3, -0.25) is 4.79 Å². The molecule has 0 aliphatic carbocycles. The number of nitrogens with one attached hydrogen (secondary N) is 2. The third-order valence-electron chi connectivity index (χ3n) is 2.73. The molecule has 6 nitrogen and oxygen atoms in total. The van der Waals surface area contributed by atoms with Crippen LogP contribution in [0, 0.1) is 0 Å². The van der Waals surface area contributed by atoms with Gasteiger partial charge in [-0.1, -0.05) is 32.4 Å². The fourth-order valence-electron chi connectivity index (χ4n) is 1.54. The highest BCUT2D eigenvalue weighted by Crippen LogP contribution is 2.22. The Labute approximate surface area is 130 Å². The molecule has 0 saturated heterocycles. The molecule has 0 spiro atoms. The normalized spacial score (nSPS) is 12.9. The third kappa shape index (κ3) is 5.85. The van der Waals surface area contributed by atoms with Gasteiger partial charge >= 0.3 is 0 Å². The minimum absolute atomic E-state index is 0.126. The van der Waals surface area contributed by atoms with E-state index in [1.54, 1.807) is 20.1 Å². The number of rotatable bonds is 6. The number of nitrogens with zero attached hydrogens (tertiary/aromatic N) is 2. The van der Waals surface area contributed by atoms with Crippen LogP contribution in [0.25, 0.3) is 0 Å². The summed E-state index contributed by atoms with van der Waals surface area (Å²) in [4.78, 5) is 20.5. The molecule has 21 heavy (non-hydrogen) atoms. The first-order valence-corrected chi connectivity index (χ1v) is 7.20. The van der Waals surface area contributed by atoms with E-state index in [-0.39, 0.29) is 11.3 Å². The summed E-state index contributed by atoms with van der Waals surface area (Å²) < 4.78 is 4.89. The largest absolute Gasteiger partial charge is 0.383 e. The Bertz CT molecular complexity index is 488. The Morgan fingerprint density at radius 1 is 1.43 bits per heavy atom. The van der Waals surface area contributed by atoms with Crippen LogP contribution in [0.15, 0.2) is 6.07 Å². The lowest BCUT2D eigenvalue weighted by atomic mass is 9.96. The smallest absolute Gasteiger partial charge is 0.242 e. The average molecular weight is 315 g/mol. The number of hydrogen-bond acceptors (Lipinski definition) is 5. The van der Waals surface area contributed by atoms with E-state index in [1.165, 1.54) is 0 Å². The number of aromatic nitrogens is 2. The molecule has 0 saturated carbocycles. The zero-order valence-electron chi connectivity index (χ0n) is 13.2. The summed E-state index contributed by atoms with van der Waals surface area (Å²) in [6, 6.07) is 1.18. The average Bonchev–Trinajstić information content (AvgIpc) is 2.37. The Morgan fingerprint density at radius 2 is 2.10 bits per heavy atom. The van der Waals surface area contributed by atoms with Crippen LogP contribution in [0.3, 0.4) is 0 Å². The molecular formula is C14H23ClN4O2. The van der Waals surface area contributed by atoms with Crippen molar-refractivity contribution in [3.63, 3.8) is 0 Å². The maximum atomic E-state index is 11.9. The first-order chi connectivity index (χ1) is 9.74. The standard InChI is InChI=1S/C14H23ClN4O2/c1-9(12(20)16-6-7-21-5)17-11-8-10(15)18-13(19-11)14(2,3)4/h8-9H,6-7H2,1-5H3,(H,16,20)(H,17,18,19). The Balaban J connectivity index is 2.74. The summed E-state index contributed by atoms with van der Waals surface area (Å²) in [5.74, 6) is 1.04. The van der Waals surface area contributed by atoms with Gasteiger partial charge in [0.2, 0.25) is 5.91 Å². The third-order valence-corrected chi connectivity index (χ3v) is 2.92. The number of hydrogen-bond donors (Lipinski definition) is 2. The van der Waals surface area contributed by atoms with Crippen LogP contribution < -0.4 is 10.6 Å². The van der Waals surface area contributed by atoms with Crippen LogP contribution in [-0.4, -0.2) is 42.2 Å². The molecular weight excluding hydrogens is 292 g/mol. The Morgan fingerprint density at radius 3 is 2.67 bits per heavy atom. The molecule has 0 aliphatic heterocycles. The van der Waals surface area contributed by atoms with Gasteiger partial charge in [0.15, 0.2) is 0 Å². The van der Waals surface area contributed by atoms with Crippen molar-refractivity contribution in [2.24, 2.45) is 0 Å². The number of anilines is 1. The van der Waals surface area contributed by atoms with Crippen LogP contribution in [0.1, 0.15) is 33.5 Å². The van der Waals surface area contributed by atoms with Crippen molar-refractivity contribution >= 4 is 23.3 Å². The molecule has 118 valence electrons. The van der Waals surface area contributed by atoms with Crippen LogP contribution in [0.2, 0.25) is 5.15 Å². The van der Waals surface area contributed by atoms with E-state index in [2.05, 4.69) is 20.6 Å². The van der Waals surface area contributed by atoms with Gasteiger partial charge in [0.1, 0.15) is 22.8 Å².